The van der Waals surface area contributed by atoms with E-state index in [9.17, 15) is 0 Å². The smallest absolute Gasteiger partial charge is 0.0368 e. The van der Waals surface area contributed by atoms with Crippen LogP contribution in [0.25, 0.3) is 0 Å². The molecule has 1 N–H and O–H groups in total. The number of benzene rings is 1. The monoisotopic (exact) mass is 247 g/mol. The molecule has 1 heterocycles. The molecule has 0 saturated carbocycles. The van der Waals surface area contributed by atoms with Crippen molar-refractivity contribution in [1.82, 2.24) is 4.90 Å². The van der Waals surface area contributed by atoms with Crippen LogP contribution >= 0.6 is 0 Å². The molecule has 0 spiro atoms. The largest absolute Gasteiger partial charge is 0.380 e. The maximum absolute atomic E-state index is 3.49. The molecule has 18 heavy (non-hydrogen) atoms. The van der Waals surface area contributed by atoms with Crippen molar-refractivity contribution >= 4 is 11.4 Å². The molecule has 1 aromatic carbocycles. The zero-order valence-corrected chi connectivity index (χ0v) is 12.0. The van der Waals surface area contributed by atoms with Crippen LogP contribution in [-0.2, 0) is 0 Å². The first-order valence-corrected chi connectivity index (χ1v) is 6.76. The van der Waals surface area contributed by atoms with Gasteiger partial charge in [-0.25, -0.2) is 0 Å². The highest BCUT2D eigenvalue weighted by Crippen LogP contribution is 2.21. The van der Waals surface area contributed by atoms with E-state index in [1.165, 1.54) is 11.4 Å². The summed E-state index contributed by atoms with van der Waals surface area (Å²) in [6.45, 7) is 11.1. The van der Waals surface area contributed by atoms with Gasteiger partial charge in [-0.2, -0.15) is 0 Å². The van der Waals surface area contributed by atoms with Gasteiger partial charge in [-0.3, -0.25) is 0 Å². The lowest BCUT2D eigenvalue weighted by Gasteiger charge is -2.34. The summed E-state index contributed by atoms with van der Waals surface area (Å²) in [7, 11) is 2.19. The molecule has 3 heteroatoms. The lowest BCUT2D eigenvalue weighted by molar-refractivity contribution is 0.313. The maximum Gasteiger partial charge on any atom is 0.0368 e. The molecule has 0 aliphatic carbocycles. The van der Waals surface area contributed by atoms with Gasteiger partial charge in [0.1, 0.15) is 0 Å². The van der Waals surface area contributed by atoms with Crippen LogP contribution in [0.4, 0.5) is 11.4 Å². The second kappa shape index (κ2) is 5.19. The minimum absolute atomic E-state index is 0.120. The van der Waals surface area contributed by atoms with Gasteiger partial charge in [0.15, 0.2) is 0 Å². The number of rotatable bonds is 2. The van der Waals surface area contributed by atoms with Gasteiger partial charge in [0.25, 0.3) is 0 Å². The summed E-state index contributed by atoms with van der Waals surface area (Å²) in [5, 5.41) is 3.49. The summed E-state index contributed by atoms with van der Waals surface area (Å²) in [5.74, 6) is 0. The molecule has 1 fully saturated rings. The number of hydrogen-bond acceptors (Lipinski definition) is 3. The molecule has 3 nitrogen and oxygen atoms in total. The van der Waals surface area contributed by atoms with Crippen molar-refractivity contribution in [2.24, 2.45) is 0 Å². The SMILES string of the molecule is CN1CCN(c2ccc(NC(C)(C)C)cc2)CC1. The van der Waals surface area contributed by atoms with Gasteiger partial charge in [-0.05, 0) is 52.1 Å². The third kappa shape index (κ3) is 3.64. The topological polar surface area (TPSA) is 18.5 Å². The third-order valence-electron chi connectivity index (χ3n) is 3.26. The highest BCUT2D eigenvalue weighted by molar-refractivity contribution is 5.56. The predicted octanol–water partition coefficient (Wildman–Crippen LogP) is 2.65. The summed E-state index contributed by atoms with van der Waals surface area (Å²) in [6.07, 6.45) is 0. The highest BCUT2D eigenvalue weighted by Gasteiger charge is 2.14. The second-order valence-electron chi connectivity index (χ2n) is 6.21. The Balaban J connectivity index is 1.99. The Labute approximate surface area is 111 Å². The molecule has 1 saturated heterocycles. The zero-order valence-electron chi connectivity index (χ0n) is 12.0. The minimum atomic E-state index is 0.120. The number of anilines is 2. The fourth-order valence-electron chi connectivity index (χ4n) is 2.25. The van der Waals surface area contributed by atoms with E-state index in [-0.39, 0.29) is 5.54 Å². The van der Waals surface area contributed by atoms with Gasteiger partial charge in [-0.1, -0.05) is 0 Å². The average Bonchev–Trinajstić information content (AvgIpc) is 2.29. The zero-order chi connectivity index (χ0) is 13.2. The summed E-state index contributed by atoms with van der Waals surface area (Å²) >= 11 is 0. The molecule has 0 aromatic heterocycles. The van der Waals surface area contributed by atoms with Crippen LogP contribution in [0, 0.1) is 0 Å². The maximum atomic E-state index is 3.49. The van der Waals surface area contributed by atoms with E-state index in [4.69, 9.17) is 0 Å². The number of piperazine rings is 1. The number of nitrogens with zero attached hydrogens (tertiary/aromatic N) is 2. The highest BCUT2D eigenvalue weighted by atomic mass is 15.2. The van der Waals surface area contributed by atoms with Crippen LogP contribution in [-0.4, -0.2) is 43.7 Å². The molecule has 0 bridgehead atoms. The molecular formula is C15H25N3. The third-order valence-corrected chi connectivity index (χ3v) is 3.26. The predicted molar refractivity (Wildman–Crippen MR) is 79.5 cm³/mol. The van der Waals surface area contributed by atoms with Crippen molar-refractivity contribution in [3.05, 3.63) is 24.3 Å². The summed E-state index contributed by atoms with van der Waals surface area (Å²) in [4.78, 5) is 4.84. The van der Waals surface area contributed by atoms with Crippen molar-refractivity contribution in [3.8, 4) is 0 Å². The molecule has 0 atom stereocenters. The summed E-state index contributed by atoms with van der Waals surface area (Å²) < 4.78 is 0. The normalized spacial score (nSPS) is 17.9. The standard InChI is InChI=1S/C15H25N3/c1-15(2,3)16-13-5-7-14(8-6-13)18-11-9-17(4)10-12-18/h5-8,16H,9-12H2,1-4H3. The molecular weight excluding hydrogens is 222 g/mol. The van der Waals surface area contributed by atoms with Crippen LogP contribution in [0.3, 0.4) is 0 Å². The molecule has 2 rings (SSSR count). The van der Waals surface area contributed by atoms with Gasteiger partial charge in [0.05, 0.1) is 0 Å². The Bertz CT molecular complexity index is 370. The Morgan fingerprint density at radius 2 is 1.50 bits per heavy atom. The second-order valence-corrected chi connectivity index (χ2v) is 6.21. The van der Waals surface area contributed by atoms with E-state index in [2.05, 4.69) is 67.2 Å². The fourth-order valence-corrected chi connectivity index (χ4v) is 2.25. The molecule has 1 aliphatic rings. The van der Waals surface area contributed by atoms with E-state index in [0.29, 0.717) is 0 Å². The van der Waals surface area contributed by atoms with Gasteiger partial charge < -0.3 is 15.1 Å². The van der Waals surface area contributed by atoms with Gasteiger partial charge in [0, 0.05) is 43.1 Å². The van der Waals surface area contributed by atoms with E-state index in [1.807, 2.05) is 0 Å². The fraction of sp³-hybridized carbons (Fsp3) is 0.600. The molecule has 100 valence electrons. The molecule has 0 radical (unpaired) electrons. The lowest BCUT2D eigenvalue weighted by atomic mass is 10.1. The molecule has 0 amide bonds. The van der Waals surface area contributed by atoms with Crippen LogP contribution < -0.4 is 10.2 Å². The summed E-state index contributed by atoms with van der Waals surface area (Å²) in [6, 6.07) is 8.80. The Morgan fingerprint density at radius 1 is 0.944 bits per heavy atom. The van der Waals surface area contributed by atoms with Crippen LogP contribution in [0.15, 0.2) is 24.3 Å². The Morgan fingerprint density at radius 3 is 2.00 bits per heavy atom. The first kappa shape index (κ1) is 13.2. The van der Waals surface area contributed by atoms with Gasteiger partial charge in [0.2, 0.25) is 0 Å². The van der Waals surface area contributed by atoms with Crippen LogP contribution in [0.5, 0.6) is 0 Å². The molecule has 1 aliphatic heterocycles. The van der Waals surface area contributed by atoms with E-state index in [1.54, 1.807) is 0 Å². The first-order chi connectivity index (χ1) is 8.44. The average molecular weight is 247 g/mol. The quantitative estimate of drug-likeness (QED) is 0.867. The molecule has 0 unspecified atom stereocenters. The van der Waals surface area contributed by atoms with Crippen molar-refractivity contribution in [1.29, 1.82) is 0 Å². The van der Waals surface area contributed by atoms with E-state index < -0.39 is 0 Å². The summed E-state index contributed by atoms with van der Waals surface area (Å²) in [5.41, 5.74) is 2.65. The number of likely N-dealkylation sites (N-methyl/N-ethyl adjacent to an activating group) is 1. The first-order valence-electron chi connectivity index (χ1n) is 6.76. The van der Waals surface area contributed by atoms with E-state index >= 15 is 0 Å². The van der Waals surface area contributed by atoms with Crippen LogP contribution in [0.2, 0.25) is 0 Å². The van der Waals surface area contributed by atoms with Gasteiger partial charge in [-0.15, -0.1) is 0 Å². The van der Waals surface area contributed by atoms with Crippen molar-refractivity contribution in [2.45, 2.75) is 26.3 Å². The number of nitrogens with one attached hydrogen (secondary N) is 1. The van der Waals surface area contributed by atoms with Gasteiger partial charge >= 0.3 is 0 Å². The molecule has 1 aromatic rings. The van der Waals surface area contributed by atoms with Crippen molar-refractivity contribution in [2.75, 3.05) is 43.4 Å². The Hall–Kier alpha value is -1.22. The number of hydrogen-bond donors (Lipinski definition) is 1. The van der Waals surface area contributed by atoms with Crippen LogP contribution in [0.1, 0.15) is 20.8 Å². The Kier molecular flexibility index (Phi) is 3.81. The minimum Gasteiger partial charge on any atom is -0.380 e. The van der Waals surface area contributed by atoms with Crippen molar-refractivity contribution in [3.63, 3.8) is 0 Å². The lowest BCUT2D eigenvalue weighted by Crippen LogP contribution is -2.44. The van der Waals surface area contributed by atoms with Crippen molar-refractivity contribution < 1.29 is 0 Å². The van der Waals surface area contributed by atoms with E-state index in [0.717, 1.165) is 26.2 Å².